The topological polar surface area (TPSA) is 63.7 Å². The highest BCUT2D eigenvalue weighted by molar-refractivity contribution is 5.88. The zero-order valence-electron chi connectivity index (χ0n) is 14.5. The summed E-state index contributed by atoms with van der Waals surface area (Å²) in [6.07, 6.45) is -3.08. The lowest BCUT2D eigenvalue weighted by Crippen LogP contribution is -2.48. The average Bonchev–Trinajstić information content (AvgIpc) is 3.44. The Bertz CT molecular complexity index is 650. The Morgan fingerprint density at radius 3 is 2.85 bits per heavy atom. The van der Waals surface area contributed by atoms with Crippen LogP contribution < -0.4 is 5.32 Å². The van der Waals surface area contributed by atoms with Crippen LogP contribution in [0.3, 0.4) is 0 Å². The van der Waals surface area contributed by atoms with Gasteiger partial charge in [-0.3, -0.25) is 5.32 Å². The summed E-state index contributed by atoms with van der Waals surface area (Å²) in [4.78, 5) is 18.1. The normalized spacial score (nSPS) is 20.9. The van der Waals surface area contributed by atoms with Crippen LogP contribution in [0.2, 0.25) is 0 Å². The number of hydrogen-bond donors (Lipinski definition) is 1. The van der Waals surface area contributed by atoms with Crippen molar-refractivity contribution >= 4 is 11.8 Å². The minimum atomic E-state index is -4.48. The maximum Gasteiger partial charge on any atom is 0.416 e. The molecule has 1 atom stereocenters. The van der Waals surface area contributed by atoms with Gasteiger partial charge in [0.05, 0.1) is 31.4 Å². The number of amides is 2. The van der Waals surface area contributed by atoms with Crippen LogP contribution in [-0.2, 0) is 15.7 Å². The summed E-state index contributed by atoms with van der Waals surface area (Å²) < 4.78 is 50.2. The molecule has 2 aliphatic rings. The van der Waals surface area contributed by atoms with Crippen molar-refractivity contribution < 1.29 is 27.4 Å². The minimum Gasteiger partial charge on any atom is -0.379 e. The summed E-state index contributed by atoms with van der Waals surface area (Å²) >= 11 is 0. The maximum atomic E-state index is 13.1. The fraction of sp³-hybridized carbons (Fsp3) is 0.647. The molecule has 6 nitrogen and oxygen atoms in total. The number of morpholine rings is 1. The van der Waals surface area contributed by atoms with Crippen molar-refractivity contribution in [1.29, 1.82) is 0 Å². The molecule has 1 N–H and O–H groups in total. The molecule has 1 saturated heterocycles. The van der Waals surface area contributed by atoms with Crippen molar-refractivity contribution in [3.8, 4) is 0 Å². The van der Waals surface area contributed by atoms with Gasteiger partial charge < -0.3 is 14.4 Å². The third-order valence-electron chi connectivity index (χ3n) is 4.34. The predicted octanol–water partition coefficient (Wildman–Crippen LogP) is 3.25. The van der Waals surface area contributed by atoms with E-state index in [0.29, 0.717) is 38.6 Å². The standard InChI is InChI=1S/C17H22F3N3O3/c1-2-25-10-13-9-23(5-6-26-13)16(24)22-15-8-12(17(18,19)20)7-14(21-15)11-3-4-11/h7-8,11,13H,2-6,9-10H2,1H3,(H,21,22,24). The fourth-order valence-electron chi connectivity index (χ4n) is 2.81. The van der Waals surface area contributed by atoms with Crippen molar-refractivity contribution in [3.63, 3.8) is 0 Å². The van der Waals surface area contributed by atoms with E-state index in [4.69, 9.17) is 9.47 Å². The van der Waals surface area contributed by atoms with Crippen LogP contribution in [0.15, 0.2) is 12.1 Å². The largest absolute Gasteiger partial charge is 0.416 e. The first-order chi connectivity index (χ1) is 12.4. The number of halogens is 3. The average molecular weight is 373 g/mol. The van der Waals surface area contributed by atoms with E-state index < -0.39 is 17.8 Å². The van der Waals surface area contributed by atoms with E-state index in [1.165, 1.54) is 4.90 Å². The molecule has 26 heavy (non-hydrogen) atoms. The van der Waals surface area contributed by atoms with Crippen LogP contribution in [0.1, 0.15) is 36.9 Å². The van der Waals surface area contributed by atoms with E-state index in [-0.39, 0.29) is 17.8 Å². The van der Waals surface area contributed by atoms with E-state index >= 15 is 0 Å². The molecule has 2 amide bonds. The molecule has 1 unspecified atom stereocenters. The zero-order valence-corrected chi connectivity index (χ0v) is 14.5. The van der Waals surface area contributed by atoms with Gasteiger partial charge in [-0.25, -0.2) is 9.78 Å². The number of nitrogens with zero attached hydrogens (tertiary/aromatic N) is 2. The Labute approximate surface area is 149 Å². The third kappa shape index (κ3) is 4.85. The summed E-state index contributed by atoms with van der Waals surface area (Å²) in [6.45, 7) is 3.82. The lowest BCUT2D eigenvalue weighted by molar-refractivity contribution is -0.137. The summed E-state index contributed by atoms with van der Waals surface area (Å²) in [5, 5.41) is 2.50. The molecular formula is C17H22F3N3O3. The molecular weight excluding hydrogens is 351 g/mol. The van der Waals surface area contributed by atoms with Gasteiger partial charge in [0.15, 0.2) is 0 Å². The summed E-state index contributed by atoms with van der Waals surface area (Å²) in [7, 11) is 0. The number of carbonyl (C=O) groups excluding carboxylic acids is 1. The van der Waals surface area contributed by atoms with Crippen LogP contribution in [-0.4, -0.2) is 54.9 Å². The molecule has 1 aromatic rings. The van der Waals surface area contributed by atoms with E-state index in [1.807, 2.05) is 6.92 Å². The number of anilines is 1. The Kier molecular flexibility index (Phi) is 5.67. The highest BCUT2D eigenvalue weighted by Gasteiger charge is 2.35. The zero-order chi connectivity index (χ0) is 18.7. The van der Waals surface area contributed by atoms with Gasteiger partial charge in [-0.2, -0.15) is 13.2 Å². The van der Waals surface area contributed by atoms with E-state index in [0.717, 1.165) is 25.0 Å². The monoisotopic (exact) mass is 373 g/mol. The van der Waals surface area contributed by atoms with Gasteiger partial charge in [-0.15, -0.1) is 0 Å². The van der Waals surface area contributed by atoms with Crippen molar-refractivity contribution in [2.45, 2.75) is 38.0 Å². The molecule has 2 heterocycles. The molecule has 1 aliphatic carbocycles. The van der Waals surface area contributed by atoms with Crippen LogP contribution >= 0.6 is 0 Å². The number of nitrogens with one attached hydrogen (secondary N) is 1. The minimum absolute atomic E-state index is 0.0481. The van der Waals surface area contributed by atoms with Gasteiger partial charge in [-0.1, -0.05) is 0 Å². The number of hydrogen-bond acceptors (Lipinski definition) is 4. The predicted molar refractivity (Wildman–Crippen MR) is 88.0 cm³/mol. The highest BCUT2D eigenvalue weighted by atomic mass is 19.4. The Balaban J connectivity index is 1.69. The van der Waals surface area contributed by atoms with Crippen molar-refractivity contribution in [1.82, 2.24) is 9.88 Å². The van der Waals surface area contributed by atoms with Crippen molar-refractivity contribution in [2.75, 3.05) is 38.2 Å². The summed E-state index contributed by atoms with van der Waals surface area (Å²) in [6, 6.07) is 1.46. The van der Waals surface area contributed by atoms with E-state index in [1.54, 1.807) is 0 Å². The first-order valence-corrected chi connectivity index (χ1v) is 8.71. The fourth-order valence-corrected chi connectivity index (χ4v) is 2.81. The molecule has 1 saturated carbocycles. The number of carbonyl (C=O) groups is 1. The first kappa shape index (κ1) is 18.9. The quantitative estimate of drug-likeness (QED) is 0.861. The molecule has 0 radical (unpaired) electrons. The van der Waals surface area contributed by atoms with Gasteiger partial charge in [-0.05, 0) is 31.9 Å². The second-order valence-electron chi connectivity index (χ2n) is 6.47. The van der Waals surface area contributed by atoms with Gasteiger partial charge >= 0.3 is 12.2 Å². The molecule has 0 aromatic carbocycles. The number of rotatable bonds is 5. The molecule has 1 aliphatic heterocycles. The Hall–Kier alpha value is -1.87. The third-order valence-corrected chi connectivity index (χ3v) is 4.34. The highest BCUT2D eigenvalue weighted by Crippen LogP contribution is 2.41. The molecule has 144 valence electrons. The van der Waals surface area contributed by atoms with Crippen LogP contribution in [0.5, 0.6) is 0 Å². The molecule has 3 rings (SSSR count). The van der Waals surface area contributed by atoms with Crippen LogP contribution in [0.25, 0.3) is 0 Å². The lowest BCUT2D eigenvalue weighted by Gasteiger charge is -2.32. The first-order valence-electron chi connectivity index (χ1n) is 8.71. The SMILES string of the molecule is CCOCC1CN(C(=O)Nc2cc(C(F)(F)F)cc(C3CC3)n2)CCO1. The molecule has 0 spiro atoms. The second kappa shape index (κ2) is 7.79. The van der Waals surface area contributed by atoms with Crippen LogP contribution in [0, 0.1) is 0 Å². The van der Waals surface area contributed by atoms with Crippen molar-refractivity contribution in [3.05, 3.63) is 23.4 Å². The second-order valence-corrected chi connectivity index (χ2v) is 6.47. The summed E-state index contributed by atoms with van der Waals surface area (Å²) in [5.74, 6) is -0.0218. The molecule has 2 fully saturated rings. The molecule has 1 aromatic heterocycles. The Morgan fingerprint density at radius 1 is 1.42 bits per heavy atom. The number of urea groups is 1. The van der Waals surface area contributed by atoms with Gasteiger partial charge in [0.1, 0.15) is 5.82 Å². The summed E-state index contributed by atoms with van der Waals surface area (Å²) in [5.41, 5.74) is -0.410. The molecule has 9 heteroatoms. The number of pyridine rings is 1. The van der Waals surface area contributed by atoms with E-state index in [2.05, 4.69) is 10.3 Å². The van der Waals surface area contributed by atoms with E-state index in [9.17, 15) is 18.0 Å². The van der Waals surface area contributed by atoms with Crippen molar-refractivity contribution in [2.24, 2.45) is 0 Å². The Morgan fingerprint density at radius 2 is 2.19 bits per heavy atom. The van der Waals surface area contributed by atoms with Gasteiger partial charge in [0, 0.05) is 24.8 Å². The number of aromatic nitrogens is 1. The van der Waals surface area contributed by atoms with Crippen LogP contribution in [0.4, 0.5) is 23.8 Å². The van der Waals surface area contributed by atoms with Gasteiger partial charge in [0.25, 0.3) is 0 Å². The number of alkyl halides is 3. The molecule has 0 bridgehead atoms. The lowest BCUT2D eigenvalue weighted by atomic mass is 10.1. The maximum absolute atomic E-state index is 13.1. The smallest absolute Gasteiger partial charge is 0.379 e. The number of ether oxygens (including phenoxy) is 2. The van der Waals surface area contributed by atoms with Gasteiger partial charge in [0.2, 0.25) is 0 Å².